The molecule has 1 N–H and O–H groups in total. The maximum absolute atomic E-state index is 11.7. The quantitative estimate of drug-likeness (QED) is 0.839. The highest BCUT2D eigenvalue weighted by atomic mass is 32.2. The second-order valence-electron chi connectivity index (χ2n) is 5.67. The first kappa shape index (κ1) is 15.4. The molecule has 1 aromatic rings. The molecule has 0 radical (unpaired) electrons. The average Bonchev–Trinajstić information content (AvgIpc) is 2.74. The lowest BCUT2D eigenvalue weighted by atomic mass is 10.0. The molecule has 1 aromatic carbocycles. The summed E-state index contributed by atoms with van der Waals surface area (Å²) in [6, 6.07) is 7.15. The second kappa shape index (κ2) is 7.11. The molecule has 1 saturated carbocycles. The van der Waals surface area contributed by atoms with Gasteiger partial charge >= 0.3 is 0 Å². The van der Waals surface area contributed by atoms with Gasteiger partial charge in [0.15, 0.2) is 9.84 Å². The molecule has 1 fully saturated rings. The van der Waals surface area contributed by atoms with Crippen molar-refractivity contribution in [2.75, 3.05) is 17.6 Å². The van der Waals surface area contributed by atoms with E-state index in [1.165, 1.54) is 38.5 Å². The molecular weight excluding hydrogens is 270 g/mol. The maximum atomic E-state index is 11.7. The lowest BCUT2D eigenvalue weighted by Crippen LogP contribution is -2.13. The van der Waals surface area contributed by atoms with E-state index >= 15 is 0 Å². The van der Waals surface area contributed by atoms with E-state index in [9.17, 15) is 8.42 Å². The van der Waals surface area contributed by atoms with Gasteiger partial charge < -0.3 is 5.32 Å². The topological polar surface area (TPSA) is 46.2 Å². The third-order valence-corrected chi connectivity index (χ3v) is 5.91. The molecule has 0 amide bonds. The van der Waals surface area contributed by atoms with Crippen molar-refractivity contribution in [3.8, 4) is 0 Å². The molecule has 112 valence electrons. The highest BCUT2D eigenvalue weighted by Gasteiger charge is 2.13. The fourth-order valence-corrected chi connectivity index (χ4v) is 3.66. The largest absolute Gasteiger partial charge is 0.385 e. The zero-order chi connectivity index (χ0) is 14.4. The maximum Gasteiger partial charge on any atom is 0.178 e. The highest BCUT2D eigenvalue weighted by molar-refractivity contribution is 7.91. The van der Waals surface area contributed by atoms with Crippen LogP contribution in [0.1, 0.15) is 45.4 Å². The van der Waals surface area contributed by atoms with Crippen molar-refractivity contribution < 1.29 is 8.42 Å². The zero-order valence-corrected chi connectivity index (χ0v) is 13.1. The van der Waals surface area contributed by atoms with Crippen LogP contribution in [0.25, 0.3) is 0 Å². The van der Waals surface area contributed by atoms with Gasteiger partial charge in [0, 0.05) is 12.2 Å². The standard InChI is InChI=1S/C16H25NO2S/c1-2-20(18,19)16-11-9-15(10-12-16)17-13-14-7-5-3-4-6-8-14/h9-12,14,17H,2-8,13H2,1H3. The molecule has 0 aliphatic heterocycles. The van der Waals surface area contributed by atoms with Crippen molar-refractivity contribution in [3.05, 3.63) is 24.3 Å². The Hall–Kier alpha value is -1.03. The fourth-order valence-electron chi connectivity index (χ4n) is 2.78. The van der Waals surface area contributed by atoms with Crippen LogP contribution in [0.2, 0.25) is 0 Å². The molecule has 4 heteroatoms. The number of sulfone groups is 1. The van der Waals surface area contributed by atoms with Gasteiger partial charge in [-0.3, -0.25) is 0 Å². The van der Waals surface area contributed by atoms with E-state index in [2.05, 4.69) is 5.32 Å². The smallest absolute Gasteiger partial charge is 0.178 e. The number of anilines is 1. The van der Waals surface area contributed by atoms with Crippen molar-refractivity contribution in [3.63, 3.8) is 0 Å². The summed E-state index contributed by atoms with van der Waals surface area (Å²) in [6.07, 6.45) is 8.07. The van der Waals surface area contributed by atoms with Crippen LogP contribution >= 0.6 is 0 Å². The fraction of sp³-hybridized carbons (Fsp3) is 0.625. The summed E-state index contributed by atoms with van der Waals surface area (Å²) in [5.41, 5.74) is 1.02. The summed E-state index contributed by atoms with van der Waals surface area (Å²) >= 11 is 0. The van der Waals surface area contributed by atoms with Gasteiger partial charge in [-0.05, 0) is 43.0 Å². The first-order valence-corrected chi connectivity index (χ1v) is 9.34. The predicted octanol–water partition coefficient (Wildman–Crippen LogP) is 3.86. The van der Waals surface area contributed by atoms with Crippen LogP contribution in [0.15, 0.2) is 29.2 Å². The van der Waals surface area contributed by atoms with Gasteiger partial charge in [-0.15, -0.1) is 0 Å². The SMILES string of the molecule is CCS(=O)(=O)c1ccc(NCC2CCCCCC2)cc1. The van der Waals surface area contributed by atoms with Crippen LogP contribution in [0.4, 0.5) is 5.69 Å². The molecule has 0 unspecified atom stereocenters. The van der Waals surface area contributed by atoms with Crippen molar-refractivity contribution in [1.82, 2.24) is 0 Å². The summed E-state index contributed by atoms with van der Waals surface area (Å²) in [4.78, 5) is 0.417. The molecule has 20 heavy (non-hydrogen) atoms. The molecule has 0 bridgehead atoms. The van der Waals surface area contributed by atoms with E-state index in [0.717, 1.165) is 18.2 Å². The van der Waals surface area contributed by atoms with E-state index in [1.807, 2.05) is 12.1 Å². The monoisotopic (exact) mass is 295 g/mol. The Balaban J connectivity index is 1.90. The van der Waals surface area contributed by atoms with Gasteiger partial charge in [0.2, 0.25) is 0 Å². The minimum Gasteiger partial charge on any atom is -0.385 e. The van der Waals surface area contributed by atoms with Crippen molar-refractivity contribution >= 4 is 15.5 Å². The van der Waals surface area contributed by atoms with E-state index < -0.39 is 9.84 Å². The normalized spacial score (nSPS) is 17.6. The average molecular weight is 295 g/mol. The third kappa shape index (κ3) is 4.23. The zero-order valence-electron chi connectivity index (χ0n) is 12.3. The summed E-state index contributed by atoms with van der Waals surface area (Å²) in [5, 5.41) is 3.44. The Labute approximate surface area is 122 Å². The third-order valence-electron chi connectivity index (χ3n) is 4.16. The van der Waals surface area contributed by atoms with Gasteiger partial charge in [0.25, 0.3) is 0 Å². The van der Waals surface area contributed by atoms with Crippen LogP contribution in [0.5, 0.6) is 0 Å². The Bertz CT molecular complexity index is 500. The molecule has 0 heterocycles. The van der Waals surface area contributed by atoms with Crippen LogP contribution in [-0.4, -0.2) is 20.7 Å². The molecular formula is C16H25NO2S. The summed E-state index contributed by atoms with van der Waals surface area (Å²) in [7, 11) is -3.08. The number of hydrogen-bond donors (Lipinski definition) is 1. The Morgan fingerprint density at radius 3 is 2.20 bits per heavy atom. The molecule has 0 saturated heterocycles. The number of hydrogen-bond acceptors (Lipinski definition) is 3. The molecule has 1 aliphatic rings. The minimum absolute atomic E-state index is 0.155. The predicted molar refractivity (Wildman–Crippen MR) is 83.9 cm³/mol. The number of nitrogens with one attached hydrogen (secondary N) is 1. The molecule has 3 nitrogen and oxygen atoms in total. The van der Waals surface area contributed by atoms with Gasteiger partial charge in [-0.25, -0.2) is 8.42 Å². The first-order chi connectivity index (χ1) is 9.62. The van der Waals surface area contributed by atoms with E-state index in [-0.39, 0.29) is 5.75 Å². The lowest BCUT2D eigenvalue weighted by Gasteiger charge is -2.16. The van der Waals surface area contributed by atoms with E-state index in [0.29, 0.717) is 4.90 Å². The molecule has 0 aromatic heterocycles. The Morgan fingerprint density at radius 2 is 1.65 bits per heavy atom. The van der Waals surface area contributed by atoms with Crippen LogP contribution in [0, 0.1) is 5.92 Å². The molecule has 2 rings (SSSR count). The van der Waals surface area contributed by atoms with Crippen LogP contribution < -0.4 is 5.32 Å². The van der Waals surface area contributed by atoms with Gasteiger partial charge in [0.1, 0.15) is 0 Å². The minimum atomic E-state index is -3.08. The first-order valence-electron chi connectivity index (χ1n) is 7.68. The van der Waals surface area contributed by atoms with Gasteiger partial charge in [-0.2, -0.15) is 0 Å². The lowest BCUT2D eigenvalue weighted by molar-refractivity contribution is 0.483. The summed E-state index contributed by atoms with van der Waals surface area (Å²) < 4.78 is 23.5. The van der Waals surface area contributed by atoms with Gasteiger partial charge in [-0.1, -0.05) is 32.6 Å². The summed E-state index contributed by atoms with van der Waals surface area (Å²) in [5.74, 6) is 0.915. The number of benzene rings is 1. The molecule has 0 atom stereocenters. The van der Waals surface area contributed by atoms with Crippen molar-refractivity contribution in [2.24, 2.45) is 5.92 Å². The Kier molecular flexibility index (Phi) is 5.46. The van der Waals surface area contributed by atoms with E-state index in [1.54, 1.807) is 19.1 Å². The highest BCUT2D eigenvalue weighted by Crippen LogP contribution is 2.23. The second-order valence-corrected chi connectivity index (χ2v) is 7.94. The van der Waals surface area contributed by atoms with Crippen LogP contribution in [-0.2, 0) is 9.84 Å². The number of rotatable bonds is 5. The molecule has 0 spiro atoms. The van der Waals surface area contributed by atoms with Gasteiger partial charge in [0.05, 0.1) is 10.6 Å². The van der Waals surface area contributed by atoms with Crippen molar-refractivity contribution in [1.29, 1.82) is 0 Å². The van der Waals surface area contributed by atoms with Crippen molar-refractivity contribution in [2.45, 2.75) is 50.3 Å². The molecule has 1 aliphatic carbocycles. The summed E-state index contributed by atoms with van der Waals surface area (Å²) in [6.45, 7) is 2.67. The van der Waals surface area contributed by atoms with Crippen LogP contribution in [0.3, 0.4) is 0 Å². The Morgan fingerprint density at radius 1 is 1.05 bits per heavy atom. The van der Waals surface area contributed by atoms with E-state index in [4.69, 9.17) is 0 Å².